The fraction of sp³-hybridized carbons (Fsp3) is 0.200. The van der Waals surface area contributed by atoms with Gasteiger partial charge in [-0.2, -0.15) is 8.42 Å². The first-order valence-electron chi connectivity index (χ1n) is 6.51. The largest absolute Gasteiger partial charge is 0.412 e. The quantitative estimate of drug-likeness (QED) is 0.750. The second kappa shape index (κ2) is 7.82. The molecule has 23 heavy (non-hydrogen) atoms. The lowest BCUT2D eigenvalue weighted by molar-refractivity contribution is -0.150. The fourth-order valence-electron chi connectivity index (χ4n) is 1.86. The van der Waals surface area contributed by atoms with Crippen LogP contribution in [-0.4, -0.2) is 43.2 Å². The molecule has 0 aliphatic carbocycles. The van der Waals surface area contributed by atoms with Crippen molar-refractivity contribution in [2.45, 2.75) is 6.42 Å². The number of carbonyl (C=O) groups is 1. The molecule has 1 amide bonds. The Kier molecular flexibility index (Phi) is 6.38. The van der Waals surface area contributed by atoms with Gasteiger partial charge in [-0.3, -0.25) is 9.78 Å². The fourth-order valence-corrected chi connectivity index (χ4v) is 2.35. The molecule has 0 unspecified atom stereocenters. The minimum atomic E-state index is -3.71. The van der Waals surface area contributed by atoms with Gasteiger partial charge in [0.2, 0.25) is 0 Å². The second-order valence-corrected chi connectivity index (χ2v) is 6.32. The lowest BCUT2D eigenvalue weighted by Gasteiger charge is -2.14. The van der Waals surface area contributed by atoms with Gasteiger partial charge in [-0.15, -0.1) is 4.28 Å². The number of aromatic nitrogens is 1. The van der Waals surface area contributed by atoms with E-state index >= 15 is 0 Å². The molecule has 8 heteroatoms. The molecule has 0 radical (unpaired) electrons. The smallest absolute Gasteiger partial charge is 0.285 e. The van der Waals surface area contributed by atoms with E-state index in [4.69, 9.17) is 0 Å². The Hall–Kier alpha value is -2.29. The van der Waals surface area contributed by atoms with Crippen molar-refractivity contribution < 1.29 is 23.0 Å². The molecule has 2 N–H and O–H groups in total. The minimum Gasteiger partial charge on any atom is -0.412 e. The van der Waals surface area contributed by atoms with E-state index in [2.05, 4.69) is 9.27 Å². The molecule has 1 aromatic heterocycles. The Morgan fingerprint density at radius 3 is 2.35 bits per heavy atom. The van der Waals surface area contributed by atoms with E-state index < -0.39 is 16.0 Å². The maximum Gasteiger partial charge on any atom is 0.285 e. The van der Waals surface area contributed by atoms with Gasteiger partial charge in [-0.25, -0.2) is 5.06 Å². The van der Waals surface area contributed by atoms with Gasteiger partial charge in [0.25, 0.3) is 16.0 Å². The first-order valence-corrected chi connectivity index (χ1v) is 8.33. The lowest BCUT2D eigenvalue weighted by Crippen LogP contribution is -2.30. The first-order chi connectivity index (χ1) is 10.3. The van der Waals surface area contributed by atoms with Gasteiger partial charge in [-0.1, -0.05) is 30.3 Å². The van der Waals surface area contributed by atoms with E-state index in [0.717, 1.165) is 28.1 Å². The van der Waals surface area contributed by atoms with Gasteiger partial charge < -0.3 is 5.48 Å². The number of carbonyl (C=O) groups excluding carboxylic acids is 1. The number of pyridine rings is 1. The number of amides is 1. The zero-order valence-electron chi connectivity index (χ0n) is 12.8. The Morgan fingerprint density at radius 2 is 1.83 bits per heavy atom. The standard InChI is InChI=1S/C15H16N2O4S.H2O/c1-17(21-22(2,19)20)15(18)11-12-6-8-13(9-7-12)14-5-3-4-10-16-14;/h3-10H,11H2,1-2H3;1H2. The molecule has 0 fully saturated rings. The average molecular weight is 338 g/mol. The predicted octanol–water partition coefficient (Wildman–Crippen LogP) is 0.816. The van der Waals surface area contributed by atoms with Crippen molar-refractivity contribution in [2.24, 2.45) is 0 Å². The van der Waals surface area contributed by atoms with Crippen molar-refractivity contribution in [1.29, 1.82) is 0 Å². The van der Waals surface area contributed by atoms with Crippen LogP contribution in [0.3, 0.4) is 0 Å². The number of rotatable bonds is 5. The maximum atomic E-state index is 11.9. The number of nitrogens with zero attached hydrogens (tertiary/aromatic N) is 2. The van der Waals surface area contributed by atoms with Crippen LogP contribution in [-0.2, 0) is 25.6 Å². The second-order valence-electron chi connectivity index (χ2n) is 4.76. The third-order valence-electron chi connectivity index (χ3n) is 2.87. The molecule has 7 nitrogen and oxygen atoms in total. The van der Waals surface area contributed by atoms with Crippen molar-refractivity contribution in [3.05, 3.63) is 54.2 Å². The van der Waals surface area contributed by atoms with Gasteiger partial charge in [-0.05, 0) is 17.7 Å². The maximum absolute atomic E-state index is 11.9. The molecule has 1 heterocycles. The van der Waals surface area contributed by atoms with Crippen molar-refractivity contribution in [3.8, 4) is 11.3 Å². The van der Waals surface area contributed by atoms with Crippen LogP contribution in [0.25, 0.3) is 11.3 Å². The highest BCUT2D eigenvalue weighted by atomic mass is 32.2. The summed E-state index contributed by atoms with van der Waals surface area (Å²) in [7, 11) is -2.44. The average Bonchev–Trinajstić information content (AvgIpc) is 2.47. The lowest BCUT2D eigenvalue weighted by atomic mass is 10.1. The number of benzene rings is 1. The summed E-state index contributed by atoms with van der Waals surface area (Å²) >= 11 is 0. The summed E-state index contributed by atoms with van der Waals surface area (Å²) in [5, 5.41) is 0.724. The SMILES string of the molecule is CN(OS(C)(=O)=O)C(=O)Cc1ccc(-c2ccccn2)cc1.O. The Labute approximate surface area is 134 Å². The summed E-state index contributed by atoms with van der Waals surface area (Å²) < 4.78 is 26.5. The molecule has 124 valence electrons. The van der Waals surface area contributed by atoms with Gasteiger partial charge in [0.15, 0.2) is 0 Å². The topological polar surface area (TPSA) is 108 Å². The molecule has 2 aromatic rings. The van der Waals surface area contributed by atoms with E-state index in [-0.39, 0.29) is 11.9 Å². The Bertz CT molecular complexity index is 745. The van der Waals surface area contributed by atoms with Gasteiger partial charge in [0.05, 0.1) is 18.4 Å². The van der Waals surface area contributed by atoms with Gasteiger partial charge in [0.1, 0.15) is 0 Å². The molecular weight excluding hydrogens is 320 g/mol. The zero-order chi connectivity index (χ0) is 16.2. The van der Waals surface area contributed by atoms with E-state index in [0.29, 0.717) is 0 Å². The van der Waals surface area contributed by atoms with Crippen molar-refractivity contribution >= 4 is 16.0 Å². The van der Waals surface area contributed by atoms with Crippen LogP contribution in [0.2, 0.25) is 0 Å². The number of likely N-dealkylation sites (N-methyl/N-ethyl adjacent to an activating group) is 1. The van der Waals surface area contributed by atoms with Crippen LogP contribution in [0.5, 0.6) is 0 Å². The molecule has 0 spiro atoms. The van der Waals surface area contributed by atoms with Crippen LogP contribution in [0.15, 0.2) is 48.7 Å². The summed E-state index contributed by atoms with van der Waals surface area (Å²) in [5.41, 5.74) is 2.55. The summed E-state index contributed by atoms with van der Waals surface area (Å²) in [4.78, 5) is 16.1. The number of hydrogen-bond acceptors (Lipinski definition) is 5. The minimum absolute atomic E-state index is 0. The predicted molar refractivity (Wildman–Crippen MR) is 85.7 cm³/mol. The van der Waals surface area contributed by atoms with E-state index in [1.165, 1.54) is 7.05 Å². The third-order valence-corrected chi connectivity index (χ3v) is 3.36. The molecule has 0 bridgehead atoms. The molecule has 0 aliphatic heterocycles. The molecule has 1 aromatic carbocycles. The monoisotopic (exact) mass is 338 g/mol. The van der Waals surface area contributed by atoms with Crippen LogP contribution >= 0.6 is 0 Å². The molecule has 0 atom stereocenters. The Balaban J connectivity index is 0.00000264. The number of hydroxylamine groups is 2. The summed E-state index contributed by atoms with van der Waals surface area (Å²) in [5.74, 6) is -0.448. The highest BCUT2D eigenvalue weighted by molar-refractivity contribution is 7.85. The normalized spacial score (nSPS) is 10.7. The van der Waals surface area contributed by atoms with E-state index in [1.807, 2.05) is 30.3 Å². The van der Waals surface area contributed by atoms with Gasteiger partial charge in [0, 0.05) is 18.8 Å². The van der Waals surface area contributed by atoms with Crippen molar-refractivity contribution in [3.63, 3.8) is 0 Å². The van der Waals surface area contributed by atoms with Gasteiger partial charge >= 0.3 is 0 Å². The summed E-state index contributed by atoms with van der Waals surface area (Å²) in [6, 6.07) is 13.0. The highest BCUT2D eigenvalue weighted by Gasteiger charge is 2.15. The first kappa shape index (κ1) is 18.8. The molecule has 2 rings (SSSR count). The Morgan fingerprint density at radius 1 is 1.17 bits per heavy atom. The molecular formula is C15H18N2O5S. The molecule has 0 aliphatic rings. The highest BCUT2D eigenvalue weighted by Crippen LogP contribution is 2.17. The third kappa shape index (κ3) is 5.78. The molecule has 0 saturated heterocycles. The van der Waals surface area contributed by atoms with E-state index in [9.17, 15) is 13.2 Å². The van der Waals surface area contributed by atoms with Crippen LogP contribution in [0.1, 0.15) is 5.56 Å². The zero-order valence-corrected chi connectivity index (χ0v) is 13.6. The van der Waals surface area contributed by atoms with Crippen molar-refractivity contribution in [1.82, 2.24) is 10.0 Å². The summed E-state index contributed by atoms with van der Waals surface area (Å²) in [6.45, 7) is 0. The molecule has 0 saturated carbocycles. The number of hydrogen-bond donors (Lipinski definition) is 0. The van der Waals surface area contributed by atoms with Crippen molar-refractivity contribution in [2.75, 3.05) is 13.3 Å². The summed E-state index contributed by atoms with van der Waals surface area (Å²) in [6.07, 6.45) is 2.65. The van der Waals surface area contributed by atoms with Crippen LogP contribution in [0, 0.1) is 0 Å². The van der Waals surface area contributed by atoms with Crippen LogP contribution in [0.4, 0.5) is 0 Å². The van der Waals surface area contributed by atoms with Crippen LogP contribution < -0.4 is 0 Å². The van der Waals surface area contributed by atoms with E-state index in [1.54, 1.807) is 18.3 Å².